The fraction of sp³-hybridized carbons (Fsp3) is 0.667. The molecule has 1 aromatic rings. The first-order valence-electron chi connectivity index (χ1n) is 10.3. The Labute approximate surface area is 192 Å². The van der Waals surface area contributed by atoms with Crippen LogP contribution in [0, 0.1) is 0 Å². The van der Waals surface area contributed by atoms with Crippen LogP contribution in [-0.4, -0.2) is 88.9 Å². The van der Waals surface area contributed by atoms with E-state index < -0.39 is 0 Å². The SMILES string of the molecule is CN=C(NCC1CN(C)CCO1)NCC(c1ccccc1OC)N1CCCC1.I. The smallest absolute Gasteiger partial charge is 0.191 e. The third kappa shape index (κ3) is 6.97. The van der Waals surface area contributed by atoms with Gasteiger partial charge in [-0.05, 0) is 39.0 Å². The molecule has 0 radical (unpaired) electrons. The fourth-order valence-corrected chi connectivity index (χ4v) is 4.05. The molecule has 2 aliphatic rings. The van der Waals surface area contributed by atoms with Crippen LogP contribution in [-0.2, 0) is 4.74 Å². The van der Waals surface area contributed by atoms with Gasteiger partial charge in [0, 0.05) is 38.8 Å². The molecule has 0 aliphatic carbocycles. The lowest BCUT2D eigenvalue weighted by molar-refractivity contribution is -0.0161. The first-order valence-corrected chi connectivity index (χ1v) is 10.3. The Kier molecular flexibility index (Phi) is 10.5. The second-order valence-corrected chi connectivity index (χ2v) is 7.59. The van der Waals surface area contributed by atoms with Gasteiger partial charge in [0.2, 0.25) is 0 Å². The van der Waals surface area contributed by atoms with E-state index in [1.165, 1.54) is 18.4 Å². The molecule has 0 amide bonds. The van der Waals surface area contributed by atoms with Crippen molar-refractivity contribution < 1.29 is 9.47 Å². The summed E-state index contributed by atoms with van der Waals surface area (Å²) < 4.78 is 11.5. The summed E-state index contributed by atoms with van der Waals surface area (Å²) in [6, 6.07) is 8.59. The average Bonchev–Trinajstić information content (AvgIpc) is 3.25. The first kappa shape index (κ1) is 24.2. The lowest BCUT2D eigenvalue weighted by Crippen LogP contribution is -2.49. The van der Waals surface area contributed by atoms with E-state index in [0.717, 1.165) is 57.6 Å². The highest BCUT2D eigenvalue weighted by molar-refractivity contribution is 14.0. The molecule has 2 saturated heterocycles. The quantitative estimate of drug-likeness (QED) is 0.328. The van der Waals surface area contributed by atoms with Gasteiger partial charge >= 0.3 is 0 Å². The van der Waals surface area contributed by atoms with E-state index in [9.17, 15) is 0 Å². The van der Waals surface area contributed by atoms with Gasteiger partial charge in [-0.1, -0.05) is 18.2 Å². The minimum atomic E-state index is 0. The second-order valence-electron chi connectivity index (χ2n) is 7.59. The van der Waals surface area contributed by atoms with E-state index in [1.807, 2.05) is 19.2 Å². The number of likely N-dealkylation sites (tertiary alicyclic amines) is 1. The molecule has 164 valence electrons. The zero-order valence-corrected chi connectivity index (χ0v) is 20.2. The van der Waals surface area contributed by atoms with Crippen molar-refractivity contribution in [3.63, 3.8) is 0 Å². The molecule has 2 atom stereocenters. The zero-order valence-electron chi connectivity index (χ0n) is 17.9. The number of rotatable bonds is 7. The molecule has 2 aliphatic heterocycles. The summed E-state index contributed by atoms with van der Waals surface area (Å²) in [4.78, 5) is 9.24. The van der Waals surface area contributed by atoms with Crippen molar-refractivity contribution in [3.8, 4) is 5.75 Å². The van der Waals surface area contributed by atoms with Crippen molar-refractivity contribution in [2.45, 2.75) is 25.0 Å². The van der Waals surface area contributed by atoms with E-state index in [4.69, 9.17) is 9.47 Å². The van der Waals surface area contributed by atoms with Gasteiger partial charge in [0.05, 0.1) is 25.9 Å². The van der Waals surface area contributed by atoms with Gasteiger partial charge in [0.25, 0.3) is 0 Å². The summed E-state index contributed by atoms with van der Waals surface area (Å²) >= 11 is 0. The lowest BCUT2D eigenvalue weighted by atomic mass is 10.0. The number of halogens is 1. The van der Waals surface area contributed by atoms with Crippen LogP contribution in [0.25, 0.3) is 0 Å². The van der Waals surface area contributed by atoms with Gasteiger partial charge in [-0.15, -0.1) is 24.0 Å². The highest BCUT2D eigenvalue weighted by Gasteiger charge is 2.26. The number of hydrogen-bond acceptors (Lipinski definition) is 5. The van der Waals surface area contributed by atoms with Gasteiger partial charge in [0.15, 0.2) is 5.96 Å². The van der Waals surface area contributed by atoms with Crippen LogP contribution in [0.2, 0.25) is 0 Å². The normalized spacial score (nSPS) is 22.0. The average molecular weight is 517 g/mol. The van der Waals surface area contributed by atoms with Crippen LogP contribution in [0.3, 0.4) is 0 Å². The van der Waals surface area contributed by atoms with Gasteiger partial charge in [0.1, 0.15) is 5.75 Å². The number of nitrogens with zero attached hydrogens (tertiary/aromatic N) is 3. The van der Waals surface area contributed by atoms with Gasteiger partial charge in [-0.2, -0.15) is 0 Å². The molecule has 2 fully saturated rings. The van der Waals surface area contributed by atoms with Crippen molar-refractivity contribution in [2.75, 3.05) is 67.1 Å². The maximum absolute atomic E-state index is 5.84. The van der Waals surface area contributed by atoms with Crippen molar-refractivity contribution in [2.24, 2.45) is 4.99 Å². The molecule has 1 aromatic carbocycles. The molecule has 7 nitrogen and oxygen atoms in total. The van der Waals surface area contributed by atoms with E-state index in [2.05, 4.69) is 44.6 Å². The van der Waals surface area contributed by atoms with Crippen LogP contribution in [0.15, 0.2) is 29.3 Å². The summed E-state index contributed by atoms with van der Waals surface area (Å²) in [5, 5.41) is 6.94. The number of guanidine groups is 1. The molecule has 8 heteroatoms. The second kappa shape index (κ2) is 12.6. The van der Waals surface area contributed by atoms with Crippen LogP contribution in [0.5, 0.6) is 5.75 Å². The lowest BCUT2D eigenvalue weighted by Gasteiger charge is -2.31. The van der Waals surface area contributed by atoms with E-state index in [-0.39, 0.29) is 36.1 Å². The Morgan fingerprint density at radius 3 is 2.69 bits per heavy atom. The van der Waals surface area contributed by atoms with Gasteiger partial charge < -0.3 is 25.0 Å². The van der Waals surface area contributed by atoms with Gasteiger partial charge in [-0.3, -0.25) is 9.89 Å². The molecule has 0 saturated carbocycles. The number of nitrogens with one attached hydrogen (secondary N) is 2. The third-order valence-electron chi connectivity index (χ3n) is 5.60. The predicted octanol–water partition coefficient (Wildman–Crippen LogP) is 1.95. The maximum Gasteiger partial charge on any atom is 0.191 e. The number of para-hydroxylation sites is 1. The Morgan fingerprint density at radius 2 is 2.00 bits per heavy atom. The van der Waals surface area contributed by atoms with E-state index >= 15 is 0 Å². The highest BCUT2D eigenvalue weighted by Crippen LogP contribution is 2.31. The zero-order chi connectivity index (χ0) is 19.8. The Hall–Kier alpha value is -1.10. The molecule has 0 spiro atoms. The number of morpholine rings is 1. The van der Waals surface area contributed by atoms with E-state index in [1.54, 1.807) is 7.11 Å². The fourth-order valence-electron chi connectivity index (χ4n) is 4.05. The predicted molar refractivity (Wildman–Crippen MR) is 129 cm³/mol. The summed E-state index contributed by atoms with van der Waals surface area (Å²) in [6.07, 6.45) is 2.71. The minimum absolute atomic E-state index is 0. The molecule has 2 unspecified atom stereocenters. The van der Waals surface area contributed by atoms with Gasteiger partial charge in [-0.25, -0.2) is 0 Å². The van der Waals surface area contributed by atoms with E-state index in [0.29, 0.717) is 0 Å². The van der Waals surface area contributed by atoms with Crippen molar-refractivity contribution in [1.29, 1.82) is 0 Å². The van der Waals surface area contributed by atoms with Crippen LogP contribution >= 0.6 is 24.0 Å². The minimum Gasteiger partial charge on any atom is -0.496 e. The molecule has 0 aromatic heterocycles. The van der Waals surface area contributed by atoms with Crippen molar-refractivity contribution in [1.82, 2.24) is 20.4 Å². The van der Waals surface area contributed by atoms with Crippen molar-refractivity contribution in [3.05, 3.63) is 29.8 Å². The molecule has 2 N–H and O–H groups in total. The number of ether oxygens (including phenoxy) is 2. The number of methoxy groups -OCH3 is 1. The molecule has 0 bridgehead atoms. The number of aliphatic imine (C=N–C) groups is 1. The maximum atomic E-state index is 5.84. The molecule has 29 heavy (non-hydrogen) atoms. The Bertz CT molecular complexity index is 639. The Morgan fingerprint density at radius 1 is 1.24 bits per heavy atom. The molecular weight excluding hydrogens is 481 g/mol. The summed E-state index contributed by atoms with van der Waals surface area (Å²) in [7, 11) is 5.70. The number of likely N-dealkylation sites (N-methyl/N-ethyl adjacent to an activating group) is 1. The number of hydrogen-bond donors (Lipinski definition) is 2. The molecule has 3 rings (SSSR count). The summed E-state index contributed by atoms with van der Waals surface area (Å²) in [5.41, 5.74) is 1.23. The Balaban J connectivity index is 0.00000300. The summed E-state index contributed by atoms with van der Waals surface area (Å²) in [6.45, 7) is 6.52. The standard InChI is InChI=1S/C21H35N5O2.HI/c1-22-21(23-14-17-16-25(2)12-13-28-17)24-15-19(26-10-6-7-11-26)18-8-4-5-9-20(18)27-3;/h4-5,8-9,17,19H,6-7,10-16H2,1-3H3,(H2,22,23,24);1H. The molecular formula is C21H36IN5O2. The first-order chi connectivity index (χ1) is 13.7. The monoisotopic (exact) mass is 517 g/mol. The summed E-state index contributed by atoms with van der Waals surface area (Å²) in [5.74, 6) is 1.76. The third-order valence-corrected chi connectivity index (χ3v) is 5.60. The largest absolute Gasteiger partial charge is 0.496 e. The van der Waals surface area contributed by atoms with Crippen LogP contribution in [0.1, 0.15) is 24.4 Å². The highest BCUT2D eigenvalue weighted by atomic mass is 127. The van der Waals surface area contributed by atoms with Crippen molar-refractivity contribution >= 4 is 29.9 Å². The van der Waals surface area contributed by atoms with Crippen LogP contribution in [0.4, 0.5) is 0 Å². The topological polar surface area (TPSA) is 61.4 Å². The number of benzene rings is 1. The molecule has 2 heterocycles. The van der Waals surface area contributed by atoms with Crippen LogP contribution < -0.4 is 15.4 Å².